The predicted octanol–water partition coefficient (Wildman–Crippen LogP) is 2.61. The van der Waals surface area contributed by atoms with Crippen molar-refractivity contribution in [1.82, 2.24) is 9.88 Å². The molecule has 1 aromatic carbocycles. The molecule has 1 amide bonds. The topological polar surface area (TPSA) is 42.4 Å². The predicted molar refractivity (Wildman–Crippen MR) is 84.7 cm³/mol. The number of hydrogen-bond donors (Lipinski definition) is 0. The minimum Gasteiger partial charge on any atom is -0.487 e. The van der Waals surface area contributed by atoms with Crippen LogP contribution in [0.3, 0.4) is 0 Å². The summed E-state index contributed by atoms with van der Waals surface area (Å²) in [6.45, 7) is 3.46. The summed E-state index contributed by atoms with van der Waals surface area (Å²) < 4.78 is 5.87. The van der Waals surface area contributed by atoms with E-state index in [1.165, 1.54) is 5.56 Å². The second-order valence-corrected chi connectivity index (χ2v) is 5.72. The summed E-state index contributed by atoms with van der Waals surface area (Å²) >= 11 is 0. The first-order chi connectivity index (χ1) is 10.7. The van der Waals surface area contributed by atoms with Gasteiger partial charge in [0.1, 0.15) is 11.9 Å². The monoisotopic (exact) mass is 296 g/mol. The number of benzene rings is 1. The molecule has 1 atom stereocenters. The van der Waals surface area contributed by atoms with Crippen molar-refractivity contribution >= 4 is 5.91 Å². The van der Waals surface area contributed by atoms with Crippen LogP contribution in [-0.2, 0) is 11.2 Å². The third-order valence-corrected chi connectivity index (χ3v) is 3.87. The summed E-state index contributed by atoms with van der Waals surface area (Å²) in [6.07, 6.45) is 4.82. The van der Waals surface area contributed by atoms with E-state index in [0.717, 1.165) is 24.3 Å². The number of pyridine rings is 1. The van der Waals surface area contributed by atoms with Gasteiger partial charge in [0.15, 0.2) is 0 Å². The summed E-state index contributed by atoms with van der Waals surface area (Å²) in [7, 11) is 0. The maximum absolute atomic E-state index is 12.4. The quantitative estimate of drug-likeness (QED) is 0.871. The molecule has 1 saturated heterocycles. The van der Waals surface area contributed by atoms with E-state index >= 15 is 0 Å². The van der Waals surface area contributed by atoms with Crippen LogP contribution in [0.1, 0.15) is 17.5 Å². The molecule has 1 aliphatic heterocycles. The van der Waals surface area contributed by atoms with E-state index in [0.29, 0.717) is 13.0 Å². The Kier molecular flexibility index (Phi) is 4.37. The number of carbonyl (C=O) groups is 1. The molecule has 2 heterocycles. The van der Waals surface area contributed by atoms with Gasteiger partial charge >= 0.3 is 0 Å². The molecule has 0 saturated carbocycles. The molecule has 4 nitrogen and oxygen atoms in total. The zero-order chi connectivity index (χ0) is 15.4. The van der Waals surface area contributed by atoms with E-state index < -0.39 is 0 Å². The molecule has 1 unspecified atom stereocenters. The van der Waals surface area contributed by atoms with E-state index in [-0.39, 0.29) is 12.0 Å². The summed E-state index contributed by atoms with van der Waals surface area (Å²) in [5.74, 6) is 0.934. The van der Waals surface area contributed by atoms with E-state index in [4.69, 9.17) is 4.74 Å². The molecule has 114 valence electrons. The smallest absolute Gasteiger partial charge is 0.227 e. The van der Waals surface area contributed by atoms with Crippen LogP contribution in [0.2, 0.25) is 0 Å². The maximum atomic E-state index is 12.4. The van der Waals surface area contributed by atoms with Crippen LogP contribution >= 0.6 is 0 Å². The Hall–Kier alpha value is -2.36. The molecular formula is C18H20N2O2. The highest BCUT2D eigenvalue weighted by atomic mass is 16.5. The number of rotatable bonds is 4. The number of ether oxygens (including phenoxy) is 1. The number of likely N-dealkylation sites (tertiary alicyclic amines) is 1. The SMILES string of the molecule is Cc1cccc(CC(=O)N2CCC(Oc3cccnc3)C2)c1. The maximum Gasteiger partial charge on any atom is 0.227 e. The minimum atomic E-state index is 0.0608. The van der Waals surface area contributed by atoms with Gasteiger partial charge in [0.25, 0.3) is 0 Å². The average Bonchev–Trinajstić information content (AvgIpc) is 2.97. The van der Waals surface area contributed by atoms with Crippen molar-refractivity contribution in [1.29, 1.82) is 0 Å². The lowest BCUT2D eigenvalue weighted by Gasteiger charge is -2.17. The number of amides is 1. The Morgan fingerprint density at radius 3 is 3.05 bits per heavy atom. The van der Waals surface area contributed by atoms with Crippen LogP contribution in [0, 0.1) is 6.92 Å². The highest BCUT2D eigenvalue weighted by Gasteiger charge is 2.27. The fourth-order valence-corrected chi connectivity index (χ4v) is 2.77. The van der Waals surface area contributed by atoms with Crippen LogP contribution < -0.4 is 4.74 Å². The number of hydrogen-bond acceptors (Lipinski definition) is 3. The number of nitrogens with zero attached hydrogens (tertiary/aromatic N) is 2. The summed E-state index contributed by atoms with van der Waals surface area (Å²) in [6, 6.07) is 11.9. The number of aryl methyl sites for hydroxylation is 1. The molecule has 22 heavy (non-hydrogen) atoms. The van der Waals surface area contributed by atoms with E-state index in [1.807, 2.05) is 42.2 Å². The van der Waals surface area contributed by atoms with Gasteiger partial charge in [0.2, 0.25) is 5.91 Å². The Labute approximate surface area is 130 Å². The third-order valence-electron chi connectivity index (χ3n) is 3.87. The molecule has 0 bridgehead atoms. The van der Waals surface area contributed by atoms with Crippen molar-refractivity contribution in [2.75, 3.05) is 13.1 Å². The minimum absolute atomic E-state index is 0.0608. The Morgan fingerprint density at radius 1 is 1.36 bits per heavy atom. The molecule has 0 radical (unpaired) electrons. The van der Waals surface area contributed by atoms with Gasteiger partial charge in [0.05, 0.1) is 19.2 Å². The van der Waals surface area contributed by atoms with Gasteiger partial charge < -0.3 is 9.64 Å². The number of carbonyl (C=O) groups excluding carboxylic acids is 1. The van der Waals surface area contributed by atoms with E-state index in [2.05, 4.69) is 11.1 Å². The van der Waals surface area contributed by atoms with Crippen molar-refractivity contribution in [3.05, 3.63) is 59.9 Å². The second-order valence-electron chi connectivity index (χ2n) is 5.72. The van der Waals surface area contributed by atoms with Crippen molar-refractivity contribution in [2.24, 2.45) is 0 Å². The van der Waals surface area contributed by atoms with Gasteiger partial charge in [-0.25, -0.2) is 0 Å². The van der Waals surface area contributed by atoms with Gasteiger partial charge in [-0.3, -0.25) is 9.78 Å². The first-order valence-corrected chi connectivity index (χ1v) is 7.61. The van der Waals surface area contributed by atoms with E-state index in [1.54, 1.807) is 12.4 Å². The fourth-order valence-electron chi connectivity index (χ4n) is 2.77. The lowest BCUT2D eigenvalue weighted by molar-refractivity contribution is -0.129. The lowest BCUT2D eigenvalue weighted by atomic mass is 10.1. The summed E-state index contributed by atoms with van der Waals surface area (Å²) in [5.41, 5.74) is 2.26. The van der Waals surface area contributed by atoms with Crippen molar-refractivity contribution in [2.45, 2.75) is 25.9 Å². The van der Waals surface area contributed by atoms with Crippen LogP contribution in [0.5, 0.6) is 5.75 Å². The summed E-state index contributed by atoms with van der Waals surface area (Å²) in [5, 5.41) is 0. The Balaban J connectivity index is 1.55. The average molecular weight is 296 g/mol. The Morgan fingerprint density at radius 2 is 2.27 bits per heavy atom. The molecular weight excluding hydrogens is 276 g/mol. The second kappa shape index (κ2) is 6.60. The largest absolute Gasteiger partial charge is 0.487 e. The molecule has 0 N–H and O–H groups in total. The van der Waals surface area contributed by atoms with Gasteiger partial charge in [-0.1, -0.05) is 29.8 Å². The normalized spacial score (nSPS) is 17.5. The first kappa shape index (κ1) is 14.6. The highest BCUT2D eigenvalue weighted by molar-refractivity contribution is 5.79. The van der Waals surface area contributed by atoms with Gasteiger partial charge in [-0.15, -0.1) is 0 Å². The molecule has 0 spiro atoms. The number of aromatic nitrogens is 1. The van der Waals surface area contributed by atoms with Crippen LogP contribution in [0.15, 0.2) is 48.8 Å². The molecule has 4 heteroatoms. The Bertz CT molecular complexity index is 643. The van der Waals surface area contributed by atoms with Crippen molar-refractivity contribution in [3.63, 3.8) is 0 Å². The standard InChI is InChI=1S/C18H20N2O2/c1-14-4-2-5-15(10-14)11-18(21)20-9-7-17(13-20)22-16-6-3-8-19-12-16/h2-6,8,10,12,17H,7,9,11,13H2,1H3. The molecule has 1 aromatic heterocycles. The van der Waals surface area contributed by atoms with Crippen molar-refractivity contribution < 1.29 is 9.53 Å². The summed E-state index contributed by atoms with van der Waals surface area (Å²) in [4.78, 5) is 18.3. The molecule has 3 rings (SSSR count). The van der Waals surface area contributed by atoms with Crippen LogP contribution in [-0.4, -0.2) is 35.0 Å². The van der Waals surface area contributed by atoms with Crippen LogP contribution in [0.25, 0.3) is 0 Å². The fraction of sp³-hybridized carbons (Fsp3) is 0.333. The highest BCUT2D eigenvalue weighted by Crippen LogP contribution is 2.18. The van der Waals surface area contributed by atoms with Crippen molar-refractivity contribution in [3.8, 4) is 5.75 Å². The van der Waals surface area contributed by atoms with Gasteiger partial charge in [0, 0.05) is 19.2 Å². The molecule has 0 aliphatic carbocycles. The molecule has 1 fully saturated rings. The van der Waals surface area contributed by atoms with Crippen LogP contribution in [0.4, 0.5) is 0 Å². The van der Waals surface area contributed by atoms with Gasteiger partial charge in [-0.05, 0) is 24.6 Å². The molecule has 1 aliphatic rings. The lowest BCUT2D eigenvalue weighted by Crippen LogP contribution is -2.32. The van der Waals surface area contributed by atoms with Gasteiger partial charge in [-0.2, -0.15) is 0 Å². The van der Waals surface area contributed by atoms with E-state index in [9.17, 15) is 4.79 Å². The first-order valence-electron chi connectivity index (χ1n) is 7.61. The zero-order valence-electron chi connectivity index (χ0n) is 12.7. The molecule has 2 aromatic rings. The zero-order valence-corrected chi connectivity index (χ0v) is 12.7. The third kappa shape index (κ3) is 3.64.